The van der Waals surface area contributed by atoms with E-state index in [1.165, 1.54) is 0 Å². The summed E-state index contributed by atoms with van der Waals surface area (Å²) in [6, 6.07) is 13.3. The maximum absolute atomic E-state index is 12.5. The first-order valence-corrected chi connectivity index (χ1v) is 10.2. The van der Waals surface area contributed by atoms with Crippen LogP contribution in [0.2, 0.25) is 0 Å². The van der Waals surface area contributed by atoms with Crippen molar-refractivity contribution in [1.29, 1.82) is 0 Å². The highest BCUT2D eigenvalue weighted by molar-refractivity contribution is 7.87. The lowest BCUT2D eigenvalue weighted by Crippen LogP contribution is -2.24. The minimum absolute atomic E-state index is 0.144. The van der Waals surface area contributed by atoms with Crippen LogP contribution in [0.15, 0.2) is 47.6 Å². The molecule has 3 aromatic rings. The Bertz CT molecular complexity index is 1150. The maximum atomic E-state index is 12.5. The molecule has 0 saturated carbocycles. The molecule has 150 valence electrons. The molecule has 2 aromatic carbocycles. The Kier molecular flexibility index (Phi) is 5.38. The van der Waals surface area contributed by atoms with Crippen LogP contribution in [0.25, 0.3) is 21.8 Å². The van der Waals surface area contributed by atoms with Crippen molar-refractivity contribution in [2.75, 3.05) is 0 Å². The first-order valence-electron chi connectivity index (χ1n) is 8.77. The first kappa shape index (κ1) is 20.2. The monoisotopic (exact) mass is 412 g/mol. The van der Waals surface area contributed by atoms with E-state index in [1.54, 1.807) is 12.1 Å². The van der Waals surface area contributed by atoms with Gasteiger partial charge < -0.3 is 4.57 Å². The predicted octanol–water partition coefficient (Wildman–Crippen LogP) is 5.18. The normalized spacial score (nSPS) is 13.4. The molecule has 0 aliphatic carbocycles. The van der Waals surface area contributed by atoms with Gasteiger partial charge >= 0.3 is 15.6 Å². The van der Waals surface area contributed by atoms with E-state index in [-0.39, 0.29) is 12.1 Å². The van der Waals surface area contributed by atoms with Gasteiger partial charge in [0.25, 0.3) is 0 Å². The molecule has 5 nitrogen and oxygen atoms in total. The number of hydrogen-bond donors (Lipinski definition) is 0. The second-order valence-electron chi connectivity index (χ2n) is 6.26. The Morgan fingerprint density at radius 2 is 1.75 bits per heavy atom. The third kappa shape index (κ3) is 3.58. The number of aryl methyl sites for hydroxylation is 1. The molecule has 0 aliphatic heterocycles. The van der Waals surface area contributed by atoms with Gasteiger partial charge in [-0.25, -0.2) is 0 Å². The lowest BCUT2D eigenvalue weighted by molar-refractivity contribution is -0.0540. The van der Waals surface area contributed by atoms with Gasteiger partial charge in [-0.2, -0.15) is 21.6 Å². The molecule has 0 radical (unpaired) electrons. The molecule has 9 heteroatoms. The Morgan fingerprint density at radius 3 is 2.39 bits per heavy atom. The molecule has 28 heavy (non-hydrogen) atoms. The van der Waals surface area contributed by atoms with Gasteiger partial charge in [0.05, 0.1) is 5.71 Å². The summed E-state index contributed by atoms with van der Waals surface area (Å²) >= 11 is 0. The largest absolute Gasteiger partial charge is 0.536 e. The van der Waals surface area contributed by atoms with Crippen LogP contribution < -0.4 is 0 Å². The van der Waals surface area contributed by atoms with E-state index < -0.39 is 15.6 Å². The molecular weight excluding hydrogens is 393 g/mol. The Morgan fingerprint density at radius 1 is 1.07 bits per heavy atom. The van der Waals surface area contributed by atoms with Crippen molar-refractivity contribution in [2.45, 2.75) is 38.7 Å². The molecule has 0 saturated heterocycles. The van der Waals surface area contributed by atoms with E-state index in [4.69, 9.17) is 0 Å². The van der Waals surface area contributed by atoms with Crippen molar-refractivity contribution in [1.82, 2.24) is 4.57 Å². The van der Waals surface area contributed by atoms with Gasteiger partial charge in [-0.05, 0) is 25.5 Å². The van der Waals surface area contributed by atoms with Crippen molar-refractivity contribution in [3.8, 4) is 0 Å². The number of rotatable bonds is 6. The van der Waals surface area contributed by atoms with Gasteiger partial charge in [0.15, 0.2) is 0 Å². The first-order chi connectivity index (χ1) is 13.2. The van der Waals surface area contributed by atoms with Crippen LogP contribution in [0.4, 0.5) is 13.2 Å². The summed E-state index contributed by atoms with van der Waals surface area (Å²) in [5.41, 5.74) is -2.92. The smallest absolute Gasteiger partial charge is 0.341 e. The lowest BCUT2D eigenvalue weighted by atomic mass is 10.0. The van der Waals surface area contributed by atoms with E-state index in [2.05, 4.69) is 14.0 Å². The Hall–Kier alpha value is -2.55. The van der Waals surface area contributed by atoms with Gasteiger partial charge in [0.2, 0.25) is 0 Å². The summed E-state index contributed by atoms with van der Waals surface area (Å²) in [6.07, 6.45) is 0.828. The number of nitrogens with zero attached hydrogens (tertiary/aromatic N) is 2. The Labute approximate surface area is 160 Å². The van der Waals surface area contributed by atoms with E-state index >= 15 is 0 Å². The number of para-hydroxylation sites is 1. The van der Waals surface area contributed by atoms with Gasteiger partial charge in [-0.1, -0.05) is 48.8 Å². The fourth-order valence-corrected chi connectivity index (χ4v) is 3.46. The quantitative estimate of drug-likeness (QED) is 0.318. The third-order valence-corrected chi connectivity index (χ3v) is 5.28. The van der Waals surface area contributed by atoms with Gasteiger partial charge in [-0.15, -0.1) is 0 Å². The highest BCUT2D eigenvalue weighted by Crippen LogP contribution is 2.30. The molecule has 0 atom stereocenters. The van der Waals surface area contributed by atoms with Gasteiger partial charge in [-0.3, -0.25) is 4.28 Å². The van der Waals surface area contributed by atoms with E-state index in [0.717, 1.165) is 21.8 Å². The molecular formula is C19H19F3N2O3S. The van der Waals surface area contributed by atoms with Crippen molar-refractivity contribution >= 4 is 37.6 Å². The molecule has 0 amide bonds. The van der Waals surface area contributed by atoms with Crippen molar-refractivity contribution in [3.05, 3.63) is 48.0 Å². The molecule has 1 aromatic heterocycles. The highest BCUT2D eigenvalue weighted by atomic mass is 32.2. The van der Waals surface area contributed by atoms with Crippen molar-refractivity contribution < 1.29 is 25.9 Å². The lowest BCUT2D eigenvalue weighted by Gasteiger charge is -2.09. The van der Waals surface area contributed by atoms with Crippen molar-refractivity contribution in [3.63, 3.8) is 0 Å². The summed E-state index contributed by atoms with van der Waals surface area (Å²) in [4.78, 5) is 0. The summed E-state index contributed by atoms with van der Waals surface area (Å²) in [5.74, 6) is 0. The maximum Gasteiger partial charge on any atom is 0.536 e. The molecule has 0 spiro atoms. The number of fused-ring (bicyclic) bond motifs is 3. The number of oxime groups is 1. The van der Waals surface area contributed by atoms with E-state index in [0.29, 0.717) is 18.5 Å². The fourth-order valence-electron chi connectivity index (χ4n) is 3.19. The van der Waals surface area contributed by atoms with E-state index in [9.17, 15) is 21.6 Å². The van der Waals surface area contributed by atoms with Crippen LogP contribution in [0.5, 0.6) is 0 Å². The Balaban J connectivity index is 2.11. The zero-order valence-corrected chi connectivity index (χ0v) is 16.1. The summed E-state index contributed by atoms with van der Waals surface area (Å²) in [7, 11) is -5.79. The topological polar surface area (TPSA) is 60.7 Å². The molecule has 1 heterocycles. The summed E-state index contributed by atoms with van der Waals surface area (Å²) in [6.45, 7) is 4.51. The SMILES string of the molecule is CCCC(=NOS(=O)(=O)C(F)(F)F)c1ccc2c3ccccc3n(CC)c2c1. The number of halogens is 3. The molecule has 0 N–H and O–H groups in total. The molecule has 0 unspecified atom stereocenters. The van der Waals surface area contributed by atoms with Gasteiger partial charge in [0.1, 0.15) is 0 Å². The number of benzene rings is 2. The minimum atomic E-state index is -5.79. The average molecular weight is 412 g/mol. The molecule has 3 rings (SSSR count). The number of hydrogen-bond acceptors (Lipinski definition) is 4. The third-order valence-electron chi connectivity index (χ3n) is 4.44. The average Bonchev–Trinajstić information content (AvgIpc) is 2.97. The summed E-state index contributed by atoms with van der Waals surface area (Å²) in [5, 5.41) is 5.40. The van der Waals surface area contributed by atoms with Gasteiger partial charge in [0, 0.05) is 33.9 Å². The number of aromatic nitrogens is 1. The van der Waals surface area contributed by atoms with Crippen LogP contribution in [0.1, 0.15) is 32.3 Å². The zero-order valence-electron chi connectivity index (χ0n) is 15.3. The minimum Gasteiger partial charge on any atom is -0.341 e. The van der Waals surface area contributed by atoms with Crippen LogP contribution >= 0.6 is 0 Å². The predicted molar refractivity (Wildman–Crippen MR) is 103 cm³/mol. The summed E-state index contributed by atoms with van der Waals surface area (Å²) < 4.78 is 65.9. The highest BCUT2D eigenvalue weighted by Gasteiger charge is 2.49. The van der Waals surface area contributed by atoms with Crippen LogP contribution in [0, 0.1) is 0 Å². The molecule has 0 fully saturated rings. The molecule has 0 aliphatic rings. The van der Waals surface area contributed by atoms with Crippen LogP contribution in [0.3, 0.4) is 0 Å². The fraction of sp³-hybridized carbons (Fsp3) is 0.316. The standard InChI is InChI=1S/C19H19F3N2O3S/c1-3-7-16(23-27-28(25,26)19(20,21)22)13-10-11-15-14-8-5-6-9-17(14)24(4-2)18(15)12-13/h5-6,8-12H,3-4,7H2,1-2H3. The van der Waals surface area contributed by atoms with E-state index in [1.807, 2.05) is 44.2 Å². The van der Waals surface area contributed by atoms with Crippen LogP contribution in [-0.2, 0) is 20.9 Å². The zero-order chi connectivity index (χ0) is 20.5. The van der Waals surface area contributed by atoms with Crippen LogP contribution in [-0.4, -0.2) is 24.2 Å². The second kappa shape index (κ2) is 7.46. The van der Waals surface area contributed by atoms with Crippen molar-refractivity contribution in [2.24, 2.45) is 5.16 Å². The second-order valence-corrected chi connectivity index (χ2v) is 7.78. The molecule has 0 bridgehead atoms. The number of alkyl halides is 3.